The van der Waals surface area contributed by atoms with Gasteiger partial charge in [-0.15, -0.1) is 0 Å². The van der Waals surface area contributed by atoms with E-state index in [-0.39, 0.29) is 0 Å². The molecular formula is C14H14S4. The molecule has 0 saturated heterocycles. The summed E-state index contributed by atoms with van der Waals surface area (Å²) in [5.41, 5.74) is 2.69. The molecule has 0 heterocycles. The van der Waals surface area contributed by atoms with Gasteiger partial charge < -0.3 is 0 Å². The summed E-state index contributed by atoms with van der Waals surface area (Å²) in [7, 11) is 7.30. The Labute approximate surface area is 124 Å². The van der Waals surface area contributed by atoms with Gasteiger partial charge in [-0.25, -0.2) is 0 Å². The molecule has 2 rings (SSSR count). The fourth-order valence-electron chi connectivity index (χ4n) is 1.40. The maximum absolute atomic E-state index is 2.17. The van der Waals surface area contributed by atoms with Gasteiger partial charge in [0.2, 0.25) is 0 Å². The van der Waals surface area contributed by atoms with Crippen LogP contribution in [-0.4, -0.2) is 0 Å². The van der Waals surface area contributed by atoms with Gasteiger partial charge in [-0.3, -0.25) is 0 Å². The molecule has 0 aliphatic carbocycles. The predicted molar refractivity (Wildman–Crippen MR) is 89.3 cm³/mol. The lowest BCUT2D eigenvalue weighted by atomic mass is 10.2. The lowest BCUT2D eigenvalue weighted by Crippen LogP contribution is -1.74. The zero-order chi connectivity index (χ0) is 12.8. The molecule has 4 heteroatoms. The van der Waals surface area contributed by atoms with E-state index in [2.05, 4.69) is 62.4 Å². The first-order valence-electron chi connectivity index (χ1n) is 5.56. The summed E-state index contributed by atoms with van der Waals surface area (Å²) in [5.74, 6) is 0. The lowest BCUT2D eigenvalue weighted by molar-refractivity contribution is 1.31. The second kappa shape index (κ2) is 7.43. The van der Waals surface area contributed by atoms with Crippen LogP contribution in [0, 0.1) is 13.8 Å². The molecule has 0 fully saturated rings. The Morgan fingerprint density at radius 1 is 0.611 bits per heavy atom. The molecule has 94 valence electrons. The third-order valence-corrected chi connectivity index (χ3v) is 8.81. The summed E-state index contributed by atoms with van der Waals surface area (Å²) in [6.07, 6.45) is 0. The lowest BCUT2D eigenvalue weighted by Gasteiger charge is -2.05. The fraction of sp³-hybridized carbons (Fsp3) is 0.143. The third-order valence-electron chi connectivity index (χ3n) is 2.46. The summed E-state index contributed by atoms with van der Waals surface area (Å²) in [6.45, 7) is 4.31. The molecule has 0 aliphatic rings. The van der Waals surface area contributed by atoms with E-state index >= 15 is 0 Å². The van der Waals surface area contributed by atoms with E-state index in [0.717, 1.165) is 0 Å². The van der Waals surface area contributed by atoms with Gasteiger partial charge in [0.1, 0.15) is 0 Å². The monoisotopic (exact) mass is 310 g/mol. The zero-order valence-electron chi connectivity index (χ0n) is 10.3. The van der Waals surface area contributed by atoms with Crippen LogP contribution in [0.15, 0.2) is 58.3 Å². The molecule has 0 amide bonds. The number of hydrogen-bond acceptors (Lipinski definition) is 4. The van der Waals surface area contributed by atoms with Crippen LogP contribution in [0.1, 0.15) is 11.1 Å². The zero-order valence-corrected chi connectivity index (χ0v) is 13.5. The highest BCUT2D eigenvalue weighted by Gasteiger charge is 2.01. The summed E-state index contributed by atoms with van der Waals surface area (Å²) in [5, 5.41) is 0. The van der Waals surface area contributed by atoms with Crippen molar-refractivity contribution in [3.05, 3.63) is 59.7 Å². The minimum Gasteiger partial charge on any atom is -0.0619 e. The minimum atomic E-state index is 1.34. The molecule has 0 nitrogen and oxygen atoms in total. The molecule has 0 bridgehead atoms. The van der Waals surface area contributed by atoms with Crippen molar-refractivity contribution in [1.82, 2.24) is 0 Å². The van der Waals surface area contributed by atoms with Crippen molar-refractivity contribution in [2.24, 2.45) is 0 Å². The Hall–Kier alpha value is -0.160. The van der Waals surface area contributed by atoms with Crippen molar-refractivity contribution < 1.29 is 0 Å². The van der Waals surface area contributed by atoms with E-state index in [0.29, 0.717) is 0 Å². The van der Waals surface area contributed by atoms with Gasteiger partial charge >= 0.3 is 0 Å². The third kappa shape index (κ3) is 4.19. The Kier molecular flexibility index (Phi) is 5.89. The fourth-order valence-corrected chi connectivity index (χ4v) is 7.32. The van der Waals surface area contributed by atoms with Gasteiger partial charge in [0, 0.05) is 9.79 Å². The highest BCUT2D eigenvalue weighted by atomic mass is 33.7. The quantitative estimate of drug-likeness (QED) is 0.462. The van der Waals surface area contributed by atoms with Crippen LogP contribution in [-0.2, 0) is 0 Å². The second-order valence-corrected chi connectivity index (χ2v) is 9.58. The molecular weight excluding hydrogens is 296 g/mol. The van der Waals surface area contributed by atoms with Crippen LogP contribution >= 0.6 is 41.2 Å². The van der Waals surface area contributed by atoms with Gasteiger partial charge in [-0.05, 0) is 78.3 Å². The Morgan fingerprint density at radius 2 is 1.00 bits per heavy atom. The Bertz CT molecular complexity index is 463. The van der Waals surface area contributed by atoms with Crippen LogP contribution in [0.2, 0.25) is 0 Å². The van der Waals surface area contributed by atoms with Crippen molar-refractivity contribution >= 4 is 41.2 Å². The van der Waals surface area contributed by atoms with E-state index < -0.39 is 0 Å². The van der Waals surface area contributed by atoms with Crippen LogP contribution in [0.5, 0.6) is 0 Å². The maximum Gasteiger partial charge on any atom is 0.0220 e. The number of hydrogen-bond donors (Lipinski definition) is 0. The van der Waals surface area contributed by atoms with E-state index in [9.17, 15) is 0 Å². The first kappa shape index (κ1) is 14.3. The number of aryl methyl sites for hydroxylation is 2. The average Bonchev–Trinajstić information content (AvgIpc) is 2.38. The highest BCUT2D eigenvalue weighted by molar-refractivity contribution is 9.26. The van der Waals surface area contributed by atoms with Crippen LogP contribution < -0.4 is 0 Å². The number of benzene rings is 2. The molecule has 0 aromatic heterocycles. The smallest absolute Gasteiger partial charge is 0.0220 e. The molecule has 0 saturated carbocycles. The molecule has 2 aromatic carbocycles. The average molecular weight is 311 g/mol. The largest absolute Gasteiger partial charge is 0.0619 e. The molecule has 2 aromatic rings. The summed E-state index contributed by atoms with van der Waals surface area (Å²) >= 11 is 0. The summed E-state index contributed by atoms with van der Waals surface area (Å²) < 4.78 is 0. The first-order valence-corrected chi connectivity index (χ1v) is 10.4. The second-order valence-electron chi connectivity index (χ2n) is 3.83. The van der Waals surface area contributed by atoms with Crippen LogP contribution in [0.4, 0.5) is 0 Å². The SMILES string of the molecule is Cc1ccccc1SSSSc1ccccc1C. The van der Waals surface area contributed by atoms with E-state index in [1.807, 2.05) is 41.2 Å². The Balaban J connectivity index is 1.80. The number of rotatable bonds is 5. The normalized spacial score (nSPS) is 10.6. The first-order chi connectivity index (χ1) is 8.77. The highest BCUT2D eigenvalue weighted by Crippen LogP contribution is 2.50. The van der Waals surface area contributed by atoms with Crippen molar-refractivity contribution in [3.63, 3.8) is 0 Å². The van der Waals surface area contributed by atoms with Crippen molar-refractivity contribution in [3.8, 4) is 0 Å². The molecule has 0 N–H and O–H groups in total. The van der Waals surface area contributed by atoms with Gasteiger partial charge in [-0.2, -0.15) is 0 Å². The van der Waals surface area contributed by atoms with Gasteiger partial charge in [-0.1, -0.05) is 36.4 Å². The topological polar surface area (TPSA) is 0 Å². The van der Waals surface area contributed by atoms with Crippen LogP contribution in [0.3, 0.4) is 0 Å². The minimum absolute atomic E-state index is 1.34. The van der Waals surface area contributed by atoms with Crippen molar-refractivity contribution in [2.75, 3.05) is 0 Å². The van der Waals surface area contributed by atoms with Gasteiger partial charge in [0.25, 0.3) is 0 Å². The maximum atomic E-state index is 2.17. The molecule has 0 aliphatic heterocycles. The summed E-state index contributed by atoms with van der Waals surface area (Å²) in [6, 6.07) is 17.0. The van der Waals surface area contributed by atoms with Gasteiger partial charge in [0.15, 0.2) is 0 Å². The summed E-state index contributed by atoms with van der Waals surface area (Å²) in [4.78, 5) is 2.70. The molecule has 0 unspecified atom stereocenters. The van der Waals surface area contributed by atoms with E-state index in [1.54, 1.807) is 0 Å². The molecule has 0 radical (unpaired) electrons. The standard InChI is InChI=1S/C14H14S4/c1-11-7-3-5-9-13(11)15-17-18-16-14-10-6-4-8-12(14)2/h3-10H,1-2H3. The molecule has 18 heavy (non-hydrogen) atoms. The van der Waals surface area contributed by atoms with Crippen molar-refractivity contribution in [1.29, 1.82) is 0 Å². The predicted octanol–water partition coefficient (Wildman–Crippen LogP) is 6.40. The Morgan fingerprint density at radius 3 is 1.39 bits per heavy atom. The van der Waals surface area contributed by atoms with Gasteiger partial charge in [0.05, 0.1) is 0 Å². The molecule has 0 spiro atoms. The van der Waals surface area contributed by atoms with E-state index in [1.165, 1.54) is 20.9 Å². The molecule has 0 atom stereocenters. The van der Waals surface area contributed by atoms with Crippen molar-refractivity contribution in [2.45, 2.75) is 23.6 Å². The van der Waals surface area contributed by atoms with Crippen LogP contribution in [0.25, 0.3) is 0 Å². The van der Waals surface area contributed by atoms with E-state index in [4.69, 9.17) is 0 Å².